The first-order valence-corrected chi connectivity index (χ1v) is 36.9. The Balaban J connectivity index is 0.706. The van der Waals surface area contributed by atoms with E-state index >= 15 is 0 Å². The SMILES string of the molecule is C(#Cc1ccc2c(c1)Cc1ccccc1-2)c1ccc(-c2c3nc(c(-c4ccc(C#Cc5ccc6c(c5)Cc5ccccc5-6)cc4)c4ccc([nH]4)c(-c4ccc(C#Cc5ccc6c(c5)Cc5ccccc5-6)cc4)c4nc(c(-c5ccc(C#Cc6ccc7c(c6)Cc6ccccc6-7)cc5)c5ccc2[nH]5)C=C4)C=C3)cc1. The average Bonchev–Trinajstić information content (AvgIpc) is 1.61. The Morgan fingerprint density at radius 1 is 0.194 bits per heavy atom. The van der Waals surface area contributed by atoms with Crippen LogP contribution in [-0.2, 0) is 25.7 Å². The third-order valence-electron chi connectivity index (χ3n) is 22.0. The molecule has 2 aliphatic heterocycles. The maximum atomic E-state index is 5.70. The second-order valence-corrected chi connectivity index (χ2v) is 28.6. The van der Waals surface area contributed by atoms with Gasteiger partial charge in [0.25, 0.3) is 0 Å². The van der Waals surface area contributed by atoms with Gasteiger partial charge in [-0.05, 0) is 283 Å². The summed E-state index contributed by atoms with van der Waals surface area (Å²) in [6.07, 6.45) is 12.3. The highest BCUT2D eigenvalue weighted by atomic mass is 14.8. The summed E-state index contributed by atoms with van der Waals surface area (Å²) in [4.78, 5) is 19.4. The fraction of sp³-hybridized carbons (Fsp3) is 0.0385. The minimum absolute atomic E-state index is 0.816. The molecule has 0 unspecified atom stereocenters. The molecule has 0 amide bonds. The van der Waals surface area contributed by atoms with Crippen molar-refractivity contribution >= 4 is 46.4 Å². The first kappa shape index (κ1) is 62.1. The van der Waals surface area contributed by atoms with E-state index in [1.54, 1.807) is 0 Å². The van der Waals surface area contributed by atoms with Gasteiger partial charge in [0.15, 0.2) is 0 Å². The molecule has 3 aromatic heterocycles. The maximum absolute atomic E-state index is 5.70. The highest BCUT2D eigenvalue weighted by Gasteiger charge is 2.24. The van der Waals surface area contributed by atoms with Gasteiger partial charge >= 0.3 is 0 Å². The maximum Gasteiger partial charge on any atom is 0.0737 e. The number of H-pyrrole nitrogens is 2. The number of nitrogens with zero attached hydrogens (tertiary/aromatic N) is 2. The molecule has 2 N–H and O–H groups in total. The van der Waals surface area contributed by atoms with Gasteiger partial charge in [-0.1, -0.05) is 217 Å². The van der Waals surface area contributed by atoms with Gasteiger partial charge in [-0.15, -0.1) is 0 Å². The van der Waals surface area contributed by atoms with E-state index in [0.717, 1.165) is 160 Å². The van der Waals surface area contributed by atoms with Crippen LogP contribution in [0.15, 0.2) is 291 Å². The van der Waals surface area contributed by atoms with Crippen molar-refractivity contribution in [3.8, 4) is 136 Å². The lowest BCUT2D eigenvalue weighted by Crippen LogP contribution is -1.90. The Hall–Kier alpha value is -14.5. The van der Waals surface area contributed by atoms with E-state index in [4.69, 9.17) is 9.97 Å². The molecule has 498 valence electrons. The molecule has 108 heavy (non-hydrogen) atoms. The number of fused-ring (bicyclic) bond motifs is 20. The van der Waals surface area contributed by atoms with Crippen LogP contribution in [0.5, 0.6) is 0 Å². The fourth-order valence-corrected chi connectivity index (χ4v) is 16.8. The zero-order valence-electron chi connectivity index (χ0n) is 58.7. The van der Waals surface area contributed by atoms with Gasteiger partial charge in [-0.3, -0.25) is 0 Å². The topological polar surface area (TPSA) is 57.4 Å². The number of benzene rings is 12. The number of hydrogen-bond acceptors (Lipinski definition) is 2. The quantitative estimate of drug-likeness (QED) is 0.173. The molecule has 15 aromatic rings. The molecule has 5 heterocycles. The lowest BCUT2D eigenvalue weighted by atomic mass is 10.0. The van der Waals surface area contributed by atoms with Crippen molar-refractivity contribution in [3.63, 3.8) is 0 Å². The molecule has 0 spiro atoms. The Bertz CT molecular complexity index is 6070. The lowest BCUT2D eigenvalue weighted by molar-refractivity contribution is 1.26. The van der Waals surface area contributed by atoms with Gasteiger partial charge in [0.1, 0.15) is 0 Å². The van der Waals surface area contributed by atoms with Crippen LogP contribution < -0.4 is 0 Å². The molecule has 0 saturated carbocycles. The summed E-state index contributed by atoms with van der Waals surface area (Å²) in [5.41, 5.74) is 43.5. The molecule has 4 nitrogen and oxygen atoms in total. The van der Waals surface area contributed by atoms with Crippen LogP contribution >= 0.6 is 0 Å². The van der Waals surface area contributed by atoms with Crippen molar-refractivity contribution in [2.45, 2.75) is 25.7 Å². The average molecular weight is 1370 g/mol. The van der Waals surface area contributed by atoms with E-state index < -0.39 is 0 Å². The van der Waals surface area contributed by atoms with Crippen molar-refractivity contribution in [3.05, 3.63) is 403 Å². The third-order valence-corrected chi connectivity index (χ3v) is 22.0. The van der Waals surface area contributed by atoms with Crippen molar-refractivity contribution < 1.29 is 0 Å². The monoisotopic (exact) mass is 1370 g/mol. The van der Waals surface area contributed by atoms with Crippen molar-refractivity contribution in [1.82, 2.24) is 19.9 Å². The minimum atomic E-state index is 0.816. The Morgan fingerprint density at radius 2 is 0.398 bits per heavy atom. The van der Waals surface area contributed by atoms with Crippen LogP contribution in [0.2, 0.25) is 0 Å². The first-order chi connectivity index (χ1) is 53.4. The molecule has 6 aliphatic rings. The van der Waals surface area contributed by atoms with Crippen LogP contribution in [0, 0.1) is 47.4 Å². The van der Waals surface area contributed by atoms with Crippen molar-refractivity contribution in [2.75, 3.05) is 0 Å². The molecule has 0 saturated heterocycles. The second kappa shape index (κ2) is 25.7. The highest BCUT2D eigenvalue weighted by Crippen LogP contribution is 2.44. The number of rotatable bonds is 4. The smallest absolute Gasteiger partial charge is 0.0737 e. The number of aromatic amines is 2. The van der Waals surface area contributed by atoms with Crippen LogP contribution in [0.25, 0.3) is 135 Å². The van der Waals surface area contributed by atoms with Crippen molar-refractivity contribution in [2.24, 2.45) is 0 Å². The van der Waals surface area contributed by atoms with Gasteiger partial charge in [0.05, 0.1) is 22.8 Å². The van der Waals surface area contributed by atoms with Gasteiger partial charge in [-0.25, -0.2) is 9.97 Å². The summed E-state index contributed by atoms with van der Waals surface area (Å²) in [5.74, 6) is 28.1. The van der Waals surface area contributed by atoms with E-state index in [1.807, 2.05) is 0 Å². The van der Waals surface area contributed by atoms with Crippen LogP contribution in [-0.4, -0.2) is 19.9 Å². The molecular formula is C104H62N4. The summed E-state index contributed by atoms with van der Waals surface area (Å²) in [5, 5.41) is 0. The van der Waals surface area contributed by atoms with Gasteiger partial charge in [-0.2, -0.15) is 0 Å². The molecule has 21 rings (SSSR count). The molecule has 12 aromatic carbocycles. The van der Waals surface area contributed by atoms with E-state index in [1.165, 1.54) is 89.0 Å². The Labute approximate surface area is 627 Å². The van der Waals surface area contributed by atoms with Crippen LogP contribution in [0.4, 0.5) is 0 Å². The molecule has 4 heteroatoms. The zero-order chi connectivity index (χ0) is 71.2. The Morgan fingerprint density at radius 3 is 0.639 bits per heavy atom. The normalized spacial score (nSPS) is 12.3. The van der Waals surface area contributed by atoms with Gasteiger partial charge in [0.2, 0.25) is 0 Å². The van der Waals surface area contributed by atoms with E-state index in [-0.39, 0.29) is 0 Å². The zero-order valence-corrected chi connectivity index (χ0v) is 58.7. The number of aromatic nitrogens is 4. The first-order valence-electron chi connectivity index (χ1n) is 36.9. The van der Waals surface area contributed by atoms with E-state index in [0.29, 0.717) is 0 Å². The fourth-order valence-electron chi connectivity index (χ4n) is 16.8. The highest BCUT2D eigenvalue weighted by molar-refractivity contribution is 6.00. The Kier molecular flexibility index (Phi) is 14.8. The third kappa shape index (κ3) is 11.3. The molecular weight excluding hydrogens is 1310 g/mol. The summed E-state index contributed by atoms with van der Waals surface area (Å²) in [6.45, 7) is 0. The molecule has 8 bridgehead atoms. The lowest BCUT2D eigenvalue weighted by Gasteiger charge is -2.07. The van der Waals surface area contributed by atoms with Crippen LogP contribution in [0.1, 0.15) is 112 Å². The largest absolute Gasteiger partial charge is 0.354 e. The summed E-state index contributed by atoms with van der Waals surface area (Å²) in [7, 11) is 0. The number of hydrogen-bond donors (Lipinski definition) is 2. The van der Waals surface area contributed by atoms with Gasteiger partial charge < -0.3 is 9.97 Å². The standard InChI is InChI=1S/C104H62N4/c1-5-13-85-77(9-1)61-81-57-69(33-45-89(81)85)21-17-65-25-37-73(38-26-65)101-93-49-51-95(105-93)102(74-39-27-66(28-40-74)18-22-70-34-46-90-82(58-70)62-78-10-2-6-14-86(78)90)97-53-55-99(107-97)104(76-43-31-68(32-44-76)20-24-72-36-48-92-84(60-72)64-80-12-4-8-16-88(80)92)100-56-54-98(108-100)103(96-52-50-94(101)106-96)75-41-29-67(30-42-75)19-23-71-35-47-91-83(59-71)63-79-11-3-7-15-87(79)91/h1-16,25-60,105,108H,61-64H2. The number of nitrogens with one attached hydrogen (secondary N) is 2. The molecule has 4 aliphatic carbocycles. The summed E-state index contributed by atoms with van der Waals surface area (Å²) >= 11 is 0. The molecule has 0 fully saturated rings. The van der Waals surface area contributed by atoms with Crippen LogP contribution in [0.3, 0.4) is 0 Å². The predicted molar refractivity (Wildman–Crippen MR) is 443 cm³/mol. The predicted octanol–water partition coefficient (Wildman–Crippen LogP) is 23.2. The molecule has 0 radical (unpaired) electrons. The molecule has 0 atom stereocenters. The summed E-state index contributed by atoms with van der Waals surface area (Å²) in [6, 6.07) is 104. The minimum Gasteiger partial charge on any atom is -0.354 e. The van der Waals surface area contributed by atoms with Crippen molar-refractivity contribution in [1.29, 1.82) is 0 Å². The second-order valence-electron chi connectivity index (χ2n) is 28.6. The van der Waals surface area contributed by atoms with Gasteiger partial charge in [0, 0.05) is 88.8 Å². The van der Waals surface area contributed by atoms with E-state index in [9.17, 15) is 0 Å². The summed E-state index contributed by atoms with van der Waals surface area (Å²) < 4.78 is 0. The van der Waals surface area contributed by atoms with E-state index in [2.05, 4.69) is 373 Å².